The van der Waals surface area contributed by atoms with Gasteiger partial charge in [-0.1, -0.05) is 22.9 Å². The highest BCUT2D eigenvalue weighted by Gasteiger charge is 2.29. The number of aromatic hydroxyl groups is 1. The molecule has 0 heterocycles. The van der Waals surface area contributed by atoms with Crippen LogP contribution >= 0.6 is 15.9 Å². The zero-order chi connectivity index (χ0) is 12.4. The lowest BCUT2D eigenvalue weighted by atomic mass is 10.0. The third-order valence-electron chi connectivity index (χ3n) is 3.57. The van der Waals surface area contributed by atoms with Gasteiger partial charge in [0, 0.05) is 22.1 Å². The van der Waals surface area contributed by atoms with Crippen molar-refractivity contribution >= 4 is 15.9 Å². The maximum atomic E-state index is 9.94. The molecule has 0 saturated heterocycles. The summed E-state index contributed by atoms with van der Waals surface area (Å²) in [6.07, 6.45) is 3.67. The molecule has 2 unspecified atom stereocenters. The molecule has 1 saturated carbocycles. The van der Waals surface area contributed by atoms with Gasteiger partial charge in [0.05, 0.1) is 0 Å². The summed E-state index contributed by atoms with van der Waals surface area (Å²) >= 11 is 3.46. The van der Waals surface area contributed by atoms with Crippen molar-refractivity contribution in [1.82, 2.24) is 5.32 Å². The molecule has 1 aromatic carbocycles. The van der Waals surface area contributed by atoms with Crippen molar-refractivity contribution in [2.75, 3.05) is 0 Å². The molecule has 1 fully saturated rings. The quantitative estimate of drug-likeness (QED) is 0.861. The van der Waals surface area contributed by atoms with E-state index in [0.29, 0.717) is 11.8 Å². The van der Waals surface area contributed by atoms with Gasteiger partial charge >= 0.3 is 0 Å². The van der Waals surface area contributed by atoms with Crippen LogP contribution < -0.4 is 5.32 Å². The fourth-order valence-electron chi connectivity index (χ4n) is 2.28. The van der Waals surface area contributed by atoms with Crippen LogP contribution in [0, 0.1) is 5.92 Å². The van der Waals surface area contributed by atoms with E-state index in [1.165, 1.54) is 12.8 Å². The molecule has 0 bridgehead atoms. The van der Waals surface area contributed by atoms with Crippen LogP contribution in [0.15, 0.2) is 22.7 Å². The van der Waals surface area contributed by atoms with E-state index in [4.69, 9.17) is 0 Å². The normalized spacial score (nSPS) is 19.0. The van der Waals surface area contributed by atoms with Crippen molar-refractivity contribution in [1.29, 1.82) is 0 Å². The first-order valence-electron chi connectivity index (χ1n) is 6.36. The fourth-order valence-corrected chi connectivity index (χ4v) is 2.66. The van der Waals surface area contributed by atoms with Gasteiger partial charge in [-0.15, -0.1) is 0 Å². The van der Waals surface area contributed by atoms with E-state index in [-0.39, 0.29) is 6.04 Å². The highest BCUT2D eigenvalue weighted by molar-refractivity contribution is 9.10. The Hall–Kier alpha value is -0.540. The second-order valence-electron chi connectivity index (χ2n) is 4.96. The first-order chi connectivity index (χ1) is 8.11. The largest absolute Gasteiger partial charge is 0.508 e. The van der Waals surface area contributed by atoms with Gasteiger partial charge < -0.3 is 10.4 Å². The van der Waals surface area contributed by atoms with Gasteiger partial charge in [0.15, 0.2) is 0 Å². The Morgan fingerprint density at radius 2 is 2.18 bits per heavy atom. The van der Waals surface area contributed by atoms with Gasteiger partial charge in [-0.2, -0.15) is 0 Å². The van der Waals surface area contributed by atoms with E-state index < -0.39 is 0 Å². The number of halogens is 1. The summed E-state index contributed by atoms with van der Waals surface area (Å²) in [4.78, 5) is 0. The number of phenolic OH excluding ortho intramolecular Hbond substituents is 1. The van der Waals surface area contributed by atoms with Crippen LogP contribution in [0.2, 0.25) is 0 Å². The van der Waals surface area contributed by atoms with Crippen LogP contribution in [0.5, 0.6) is 5.75 Å². The van der Waals surface area contributed by atoms with Gasteiger partial charge in [0.1, 0.15) is 5.75 Å². The SMILES string of the molecule is CCC(NC(C)C1CC1)c1cc(Br)ccc1O. The van der Waals surface area contributed by atoms with Crippen LogP contribution in [0.3, 0.4) is 0 Å². The van der Waals surface area contributed by atoms with E-state index in [1.54, 1.807) is 6.07 Å². The van der Waals surface area contributed by atoms with E-state index in [0.717, 1.165) is 22.4 Å². The Morgan fingerprint density at radius 3 is 2.76 bits per heavy atom. The molecule has 0 aliphatic heterocycles. The van der Waals surface area contributed by atoms with E-state index in [9.17, 15) is 5.11 Å². The van der Waals surface area contributed by atoms with Gasteiger partial charge in [-0.3, -0.25) is 0 Å². The van der Waals surface area contributed by atoms with Crippen LogP contribution in [0.1, 0.15) is 44.7 Å². The zero-order valence-corrected chi connectivity index (χ0v) is 12.0. The van der Waals surface area contributed by atoms with Crippen LogP contribution in [-0.2, 0) is 0 Å². The Balaban J connectivity index is 2.12. The molecule has 2 nitrogen and oxygen atoms in total. The van der Waals surface area contributed by atoms with Gasteiger partial charge in [0.2, 0.25) is 0 Å². The molecule has 1 aliphatic carbocycles. The van der Waals surface area contributed by atoms with E-state index in [2.05, 4.69) is 35.1 Å². The maximum absolute atomic E-state index is 9.94. The van der Waals surface area contributed by atoms with Crippen molar-refractivity contribution in [3.63, 3.8) is 0 Å². The molecule has 2 atom stereocenters. The number of nitrogens with one attached hydrogen (secondary N) is 1. The fraction of sp³-hybridized carbons (Fsp3) is 0.571. The van der Waals surface area contributed by atoms with Crippen LogP contribution in [-0.4, -0.2) is 11.1 Å². The maximum Gasteiger partial charge on any atom is 0.120 e. The molecule has 0 amide bonds. The molecule has 17 heavy (non-hydrogen) atoms. The van der Waals surface area contributed by atoms with Crippen molar-refractivity contribution in [2.24, 2.45) is 5.92 Å². The van der Waals surface area contributed by atoms with Crippen LogP contribution in [0.25, 0.3) is 0 Å². The Kier molecular flexibility index (Phi) is 4.10. The monoisotopic (exact) mass is 297 g/mol. The Bertz CT molecular complexity index is 390. The number of rotatable bonds is 5. The molecule has 0 spiro atoms. The second kappa shape index (κ2) is 5.40. The summed E-state index contributed by atoms with van der Waals surface area (Å²) in [7, 11) is 0. The van der Waals surface area contributed by atoms with E-state index in [1.807, 2.05) is 12.1 Å². The third-order valence-corrected chi connectivity index (χ3v) is 4.06. The molecular weight excluding hydrogens is 278 g/mol. The number of hydrogen-bond acceptors (Lipinski definition) is 2. The smallest absolute Gasteiger partial charge is 0.120 e. The average molecular weight is 298 g/mol. The lowest BCUT2D eigenvalue weighted by molar-refractivity contribution is 0.395. The second-order valence-corrected chi connectivity index (χ2v) is 5.87. The molecule has 2 rings (SSSR count). The molecule has 0 radical (unpaired) electrons. The molecule has 1 aliphatic rings. The minimum Gasteiger partial charge on any atom is -0.508 e. The summed E-state index contributed by atoms with van der Waals surface area (Å²) < 4.78 is 1.02. The van der Waals surface area contributed by atoms with Crippen molar-refractivity contribution in [3.05, 3.63) is 28.2 Å². The lowest BCUT2D eigenvalue weighted by Gasteiger charge is -2.23. The number of phenols is 1. The molecule has 3 heteroatoms. The standard InChI is InChI=1S/C14H20BrNO/c1-3-13(16-9(2)10-4-5-10)12-8-11(15)6-7-14(12)17/h6-10,13,16-17H,3-5H2,1-2H3. The van der Waals surface area contributed by atoms with Crippen molar-refractivity contribution in [2.45, 2.75) is 45.2 Å². The topological polar surface area (TPSA) is 32.3 Å². The third kappa shape index (κ3) is 3.23. The first kappa shape index (κ1) is 12.9. The Labute approximate surface area is 112 Å². The summed E-state index contributed by atoms with van der Waals surface area (Å²) in [5.74, 6) is 1.22. The lowest BCUT2D eigenvalue weighted by Crippen LogP contribution is -2.31. The minimum absolute atomic E-state index is 0.239. The molecule has 1 aromatic rings. The summed E-state index contributed by atoms with van der Waals surface area (Å²) in [6.45, 7) is 4.40. The number of hydrogen-bond donors (Lipinski definition) is 2. The van der Waals surface area contributed by atoms with Gasteiger partial charge in [-0.25, -0.2) is 0 Å². The molecular formula is C14H20BrNO. The van der Waals surface area contributed by atoms with Gasteiger partial charge in [0.25, 0.3) is 0 Å². The molecule has 0 aromatic heterocycles. The zero-order valence-electron chi connectivity index (χ0n) is 10.4. The highest BCUT2D eigenvalue weighted by atomic mass is 79.9. The molecule has 94 valence electrons. The minimum atomic E-state index is 0.239. The highest BCUT2D eigenvalue weighted by Crippen LogP contribution is 2.35. The van der Waals surface area contributed by atoms with E-state index >= 15 is 0 Å². The van der Waals surface area contributed by atoms with Crippen molar-refractivity contribution < 1.29 is 5.11 Å². The van der Waals surface area contributed by atoms with Crippen LogP contribution in [0.4, 0.5) is 0 Å². The summed E-state index contributed by atoms with van der Waals surface area (Å²) in [5.41, 5.74) is 0.995. The predicted octanol–water partition coefficient (Wildman–Crippen LogP) is 3.99. The Morgan fingerprint density at radius 1 is 1.47 bits per heavy atom. The predicted molar refractivity (Wildman–Crippen MR) is 74.2 cm³/mol. The number of benzene rings is 1. The van der Waals surface area contributed by atoms with Crippen molar-refractivity contribution in [3.8, 4) is 5.75 Å². The molecule has 2 N–H and O–H groups in total. The van der Waals surface area contributed by atoms with Gasteiger partial charge in [-0.05, 0) is 50.3 Å². The summed E-state index contributed by atoms with van der Waals surface area (Å²) in [5, 5.41) is 13.6. The first-order valence-corrected chi connectivity index (χ1v) is 7.15. The average Bonchev–Trinajstić information content (AvgIpc) is 3.13. The summed E-state index contributed by atoms with van der Waals surface area (Å²) in [6, 6.07) is 6.42.